The number of rotatable bonds is 6. The molecule has 5 nitrogen and oxygen atoms in total. The largest absolute Gasteiger partial charge is 0.339 e. The van der Waals surface area contributed by atoms with Crippen molar-refractivity contribution in [2.75, 3.05) is 38.6 Å². The molecule has 1 saturated heterocycles. The van der Waals surface area contributed by atoms with E-state index >= 15 is 0 Å². The first-order chi connectivity index (χ1) is 13.1. The summed E-state index contributed by atoms with van der Waals surface area (Å²) >= 11 is 1.41. The molecule has 0 aliphatic carbocycles. The monoisotopic (exact) mass is 385 g/mol. The van der Waals surface area contributed by atoms with Crippen molar-refractivity contribution in [3.63, 3.8) is 0 Å². The number of nitrogens with one attached hydrogen (secondary N) is 1. The molecule has 3 rings (SSSR count). The average molecular weight is 386 g/mol. The van der Waals surface area contributed by atoms with Gasteiger partial charge in [0, 0.05) is 20.1 Å². The topological polar surface area (TPSA) is 52.7 Å². The summed E-state index contributed by atoms with van der Waals surface area (Å²) in [6, 6.07) is 11.1. The number of hydrogen-bond acceptors (Lipinski definition) is 4. The number of hydrogen-bond donors (Lipinski definition) is 1. The van der Waals surface area contributed by atoms with Crippen LogP contribution < -0.4 is 10.2 Å². The van der Waals surface area contributed by atoms with E-state index in [1.807, 2.05) is 53.7 Å². The maximum atomic E-state index is 13.1. The number of piperidine rings is 1. The second-order valence-electron chi connectivity index (χ2n) is 6.99. The molecule has 0 bridgehead atoms. The molecule has 2 amide bonds. The molecule has 0 radical (unpaired) electrons. The fourth-order valence-corrected chi connectivity index (χ4v) is 4.26. The number of thiophene rings is 1. The Kier molecular flexibility index (Phi) is 6.63. The third-order valence-corrected chi connectivity index (χ3v) is 6.09. The van der Waals surface area contributed by atoms with Crippen LogP contribution in [-0.4, -0.2) is 50.4 Å². The van der Waals surface area contributed by atoms with Gasteiger partial charge in [-0.3, -0.25) is 9.59 Å². The Morgan fingerprint density at radius 1 is 1.19 bits per heavy atom. The zero-order valence-electron chi connectivity index (χ0n) is 16.0. The Morgan fingerprint density at radius 2 is 1.93 bits per heavy atom. The molecule has 0 unspecified atom stereocenters. The van der Waals surface area contributed by atoms with Gasteiger partial charge in [-0.05, 0) is 62.4 Å². The smallest absolute Gasteiger partial charge is 0.268 e. The number of amides is 2. The standard InChI is InChI=1S/C21H27N3O2S/c1-22-12-9-16-10-13-24(14-11-16)20(25)17-6-3-4-7-18(17)23(2)21(26)19-8-5-15-27-19/h3-8,15-16,22H,9-14H2,1-2H3. The molecular formula is C21H27N3O2S. The highest BCUT2D eigenvalue weighted by Gasteiger charge is 2.26. The van der Waals surface area contributed by atoms with E-state index in [1.165, 1.54) is 11.3 Å². The van der Waals surface area contributed by atoms with E-state index < -0.39 is 0 Å². The molecule has 1 aromatic carbocycles. The maximum Gasteiger partial charge on any atom is 0.268 e. The van der Waals surface area contributed by atoms with Crippen LogP contribution >= 0.6 is 11.3 Å². The summed E-state index contributed by atoms with van der Waals surface area (Å²) in [6.07, 6.45) is 3.24. The molecule has 0 atom stereocenters. The number of carbonyl (C=O) groups excluding carboxylic acids is 2. The van der Waals surface area contributed by atoms with Gasteiger partial charge in [0.25, 0.3) is 11.8 Å². The third kappa shape index (κ3) is 4.57. The van der Waals surface area contributed by atoms with Crippen LogP contribution in [0.5, 0.6) is 0 Å². The molecule has 1 fully saturated rings. The van der Waals surface area contributed by atoms with Gasteiger partial charge in [0.2, 0.25) is 0 Å². The lowest BCUT2D eigenvalue weighted by atomic mass is 9.93. The van der Waals surface area contributed by atoms with Crippen LogP contribution in [0.15, 0.2) is 41.8 Å². The van der Waals surface area contributed by atoms with Crippen molar-refractivity contribution in [2.24, 2.45) is 5.92 Å². The second-order valence-corrected chi connectivity index (χ2v) is 7.93. The van der Waals surface area contributed by atoms with Crippen LogP contribution in [-0.2, 0) is 0 Å². The number of nitrogens with zero attached hydrogens (tertiary/aromatic N) is 2. The van der Waals surface area contributed by atoms with Gasteiger partial charge in [-0.2, -0.15) is 0 Å². The van der Waals surface area contributed by atoms with Crippen molar-refractivity contribution in [1.29, 1.82) is 0 Å². The number of anilines is 1. The van der Waals surface area contributed by atoms with Crippen LogP contribution in [0.4, 0.5) is 5.69 Å². The molecule has 2 aromatic rings. The molecule has 2 heterocycles. The lowest BCUT2D eigenvalue weighted by Crippen LogP contribution is -2.40. The van der Waals surface area contributed by atoms with E-state index in [-0.39, 0.29) is 11.8 Å². The minimum absolute atomic E-state index is 0.0171. The number of para-hydroxylation sites is 1. The first kappa shape index (κ1) is 19.6. The van der Waals surface area contributed by atoms with E-state index in [2.05, 4.69) is 5.32 Å². The van der Waals surface area contributed by atoms with E-state index in [9.17, 15) is 9.59 Å². The predicted molar refractivity (Wildman–Crippen MR) is 111 cm³/mol. The molecule has 144 valence electrons. The highest BCUT2D eigenvalue weighted by atomic mass is 32.1. The molecule has 1 aliphatic rings. The van der Waals surface area contributed by atoms with Gasteiger partial charge in [-0.15, -0.1) is 11.3 Å². The second kappa shape index (κ2) is 9.15. The maximum absolute atomic E-state index is 13.1. The van der Waals surface area contributed by atoms with Gasteiger partial charge < -0.3 is 15.1 Å². The van der Waals surface area contributed by atoms with Crippen LogP contribution in [0.25, 0.3) is 0 Å². The number of carbonyl (C=O) groups is 2. The fourth-order valence-electron chi connectivity index (χ4n) is 3.57. The third-order valence-electron chi connectivity index (χ3n) is 5.24. The van der Waals surface area contributed by atoms with Crippen LogP contribution in [0, 0.1) is 5.92 Å². The van der Waals surface area contributed by atoms with Gasteiger partial charge in [-0.25, -0.2) is 0 Å². The van der Waals surface area contributed by atoms with Gasteiger partial charge in [0.05, 0.1) is 16.1 Å². The van der Waals surface area contributed by atoms with Crippen molar-refractivity contribution in [2.45, 2.75) is 19.3 Å². The van der Waals surface area contributed by atoms with E-state index in [4.69, 9.17) is 0 Å². The van der Waals surface area contributed by atoms with Crippen LogP contribution in [0.2, 0.25) is 0 Å². The van der Waals surface area contributed by atoms with Gasteiger partial charge in [0.15, 0.2) is 0 Å². The van der Waals surface area contributed by atoms with Gasteiger partial charge in [-0.1, -0.05) is 18.2 Å². The lowest BCUT2D eigenvalue weighted by molar-refractivity contribution is 0.0688. The van der Waals surface area contributed by atoms with Crippen molar-refractivity contribution >= 4 is 28.8 Å². The Labute approximate surface area is 165 Å². The van der Waals surface area contributed by atoms with Crippen molar-refractivity contribution < 1.29 is 9.59 Å². The highest BCUT2D eigenvalue weighted by Crippen LogP contribution is 2.26. The average Bonchev–Trinajstić information content (AvgIpc) is 3.26. The van der Waals surface area contributed by atoms with Crippen LogP contribution in [0.1, 0.15) is 39.3 Å². The van der Waals surface area contributed by atoms with Gasteiger partial charge >= 0.3 is 0 Å². The Balaban J connectivity index is 1.72. The minimum Gasteiger partial charge on any atom is -0.339 e. The summed E-state index contributed by atoms with van der Waals surface area (Å²) in [5.74, 6) is 0.611. The summed E-state index contributed by atoms with van der Waals surface area (Å²) in [4.78, 5) is 30.0. The molecular weight excluding hydrogens is 358 g/mol. The molecule has 6 heteroatoms. The molecule has 27 heavy (non-hydrogen) atoms. The summed E-state index contributed by atoms with van der Waals surface area (Å²) in [7, 11) is 3.71. The normalized spacial score (nSPS) is 15.0. The molecule has 1 N–H and O–H groups in total. The first-order valence-electron chi connectivity index (χ1n) is 9.46. The van der Waals surface area contributed by atoms with E-state index in [0.717, 1.165) is 38.9 Å². The Hall–Kier alpha value is -2.18. The minimum atomic E-state index is -0.0870. The Bertz CT molecular complexity index is 767. The molecule has 0 spiro atoms. The van der Waals surface area contributed by atoms with Gasteiger partial charge in [0.1, 0.15) is 0 Å². The predicted octanol–water partition coefficient (Wildman–Crippen LogP) is 3.49. The molecule has 1 aliphatic heterocycles. The summed E-state index contributed by atoms with van der Waals surface area (Å²) < 4.78 is 0. The lowest BCUT2D eigenvalue weighted by Gasteiger charge is -2.33. The van der Waals surface area contributed by atoms with Crippen molar-refractivity contribution in [1.82, 2.24) is 10.2 Å². The number of benzene rings is 1. The first-order valence-corrected chi connectivity index (χ1v) is 10.3. The van der Waals surface area contributed by atoms with Crippen molar-refractivity contribution in [3.05, 3.63) is 52.2 Å². The Morgan fingerprint density at radius 3 is 2.59 bits per heavy atom. The summed E-state index contributed by atoms with van der Waals surface area (Å²) in [5.41, 5.74) is 1.26. The highest BCUT2D eigenvalue weighted by molar-refractivity contribution is 7.12. The zero-order chi connectivity index (χ0) is 19.2. The molecule has 0 saturated carbocycles. The van der Waals surface area contributed by atoms with Crippen LogP contribution in [0.3, 0.4) is 0 Å². The quantitative estimate of drug-likeness (QED) is 0.828. The van der Waals surface area contributed by atoms with E-state index in [0.29, 0.717) is 22.0 Å². The number of likely N-dealkylation sites (tertiary alicyclic amines) is 1. The fraction of sp³-hybridized carbons (Fsp3) is 0.429. The SMILES string of the molecule is CNCCC1CCN(C(=O)c2ccccc2N(C)C(=O)c2cccs2)CC1. The summed E-state index contributed by atoms with van der Waals surface area (Å²) in [5, 5.41) is 5.08. The van der Waals surface area contributed by atoms with Crippen molar-refractivity contribution in [3.8, 4) is 0 Å². The zero-order valence-corrected chi connectivity index (χ0v) is 16.8. The summed E-state index contributed by atoms with van der Waals surface area (Å²) in [6.45, 7) is 2.59. The van der Waals surface area contributed by atoms with E-state index in [1.54, 1.807) is 11.9 Å². The molecule has 1 aromatic heterocycles.